The fourth-order valence-corrected chi connectivity index (χ4v) is 2.36. The number of hydrazine groups is 1. The fraction of sp³-hybridized carbons (Fsp3) is 0.231. The first-order chi connectivity index (χ1) is 9.69. The van der Waals surface area contributed by atoms with E-state index < -0.39 is 0 Å². The van der Waals surface area contributed by atoms with Gasteiger partial charge in [0, 0.05) is 17.5 Å². The molecule has 1 aliphatic rings. The summed E-state index contributed by atoms with van der Waals surface area (Å²) in [5.74, 6) is 6.12. The zero-order valence-corrected chi connectivity index (χ0v) is 12.1. The van der Waals surface area contributed by atoms with Gasteiger partial charge in [-0.25, -0.2) is 20.2 Å². The lowest BCUT2D eigenvalue weighted by Crippen LogP contribution is -2.19. The third-order valence-electron chi connectivity index (χ3n) is 3.14. The summed E-state index contributed by atoms with van der Waals surface area (Å²) in [7, 11) is 0. The summed E-state index contributed by atoms with van der Waals surface area (Å²) in [6.07, 6.45) is 0.693. The number of nitrogen functional groups attached to an aromatic ring is 1. The van der Waals surface area contributed by atoms with Crippen molar-refractivity contribution in [2.45, 2.75) is 13.0 Å². The van der Waals surface area contributed by atoms with Crippen LogP contribution in [0, 0.1) is 5.82 Å². The van der Waals surface area contributed by atoms with Gasteiger partial charge in [0.1, 0.15) is 11.6 Å². The minimum absolute atomic E-state index is 0.352. The molecular weight excluding hydrogens is 327 g/mol. The summed E-state index contributed by atoms with van der Waals surface area (Å²) in [6, 6.07) is 4.78. The molecule has 2 aromatic rings. The van der Waals surface area contributed by atoms with E-state index in [9.17, 15) is 4.39 Å². The van der Waals surface area contributed by atoms with Crippen molar-refractivity contribution in [1.82, 2.24) is 9.97 Å². The number of nitrogens with two attached hydrogens (primary N) is 1. The van der Waals surface area contributed by atoms with Crippen LogP contribution in [-0.4, -0.2) is 16.6 Å². The van der Waals surface area contributed by atoms with Crippen molar-refractivity contribution < 1.29 is 9.13 Å². The Labute approximate surface area is 123 Å². The highest BCUT2D eigenvalue weighted by atomic mass is 79.9. The predicted octanol–water partition coefficient (Wildman–Crippen LogP) is 2.40. The van der Waals surface area contributed by atoms with E-state index in [0.29, 0.717) is 41.3 Å². The molecule has 0 bridgehead atoms. The van der Waals surface area contributed by atoms with Crippen LogP contribution in [0.1, 0.15) is 11.3 Å². The Kier molecular flexibility index (Phi) is 3.64. The second kappa shape index (κ2) is 5.43. The number of anilines is 1. The van der Waals surface area contributed by atoms with Gasteiger partial charge in [0.25, 0.3) is 0 Å². The van der Waals surface area contributed by atoms with E-state index in [1.807, 2.05) is 0 Å². The lowest BCUT2D eigenvalue weighted by Gasteiger charge is -2.19. The van der Waals surface area contributed by atoms with Gasteiger partial charge >= 0.3 is 0 Å². The summed E-state index contributed by atoms with van der Waals surface area (Å²) < 4.78 is 19.4. The molecule has 1 aliphatic heterocycles. The molecule has 0 atom stereocenters. The number of fused-ring (bicyclic) bond motifs is 1. The number of hydrogen-bond acceptors (Lipinski definition) is 5. The van der Waals surface area contributed by atoms with Gasteiger partial charge in [0.05, 0.1) is 23.4 Å². The van der Waals surface area contributed by atoms with Gasteiger partial charge in [0.2, 0.25) is 0 Å². The quantitative estimate of drug-likeness (QED) is 0.649. The van der Waals surface area contributed by atoms with Crippen molar-refractivity contribution in [3.63, 3.8) is 0 Å². The lowest BCUT2D eigenvalue weighted by molar-refractivity contribution is 0.109. The Hall–Kier alpha value is -1.57. The maximum Gasteiger partial charge on any atom is 0.161 e. The maximum atomic E-state index is 13.6. The number of nitrogens with one attached hydrogen (secondary N) is 1. The van der Waals surface area contributed by atoms with Gasteiger partial charge in [-0.3, -0.25) is 0 Å². The average molecular weight is 339 g/mol. The van der Waals surface area contributed by atoms with Crippen molar-refractivity contribution in [2.75, 3.05) is 12.0 Å². The largest absolute Gasteiger partial charge is 0.376 e. The van der Waals surface area contributed by atoms with Crippen LogP contribution in [0.15, 0.2) is 22.7 Å². The van der Waals surface area contributed by atoms with Crippen LogP contribution >= 0.6 is 15.9 Å². The van der Waals surface area contributed by atoms with Crippen LogP contribution in [0.3, 0.4) is 0 Å². The van der Waals surface area contributed by atoms with Crippen LogP contribution in [0.25, 0.3) is 11.4 Å². The highest BCUT2D eigenvalue weighted by molar-refractivity contribution is 9.10. The SMILES string of the molecule is NNc1nc(-c2ccc(Br)c(F)c2)nc2c1COCC2. The van der Waals surface area contributed by atoms with Crippen molar-refractivity contribution in [3.05, 3.63) is 39.7 Å². The number of hydrogen-bond donors (Lipinski definition) is 2. The fourth-order valence-electron chi connectivity index (χ4n) is 2.12. The number of benzene rings is 1. The molecule has 2 heterocycles. The van der Waals surface area contributed by atoms with Gasteiger partial charge in [-0.1, -0.05) is 0 Å². The van der Waals surface area contributed by atoms with E-state index in [1.54, 1.807) is 12.1 Å². The van der Waals surface area contributed by atoms with Crippen molar-refractivity contribution in [3.8, 4) is 11.4 Å². The van der Waals surface area contributed by atoms with Gasteiger partial charge < -0.3 is 10.2 Å². The molecular formula is C13H12BrFN4O. The Morgan fingerprint density at radius 2 is 2.20 bits per heavy atom. The number of ether oxygens (including phenoxy) is 1. The molecule has 104 valence electrons. The smallest absolute Gasteiger partial charge is 0.161 e. The molecule has 1 aromatic carbocycles. The minimum Gasteiger partial charge on any atom is -0.376 e. The number of nitrogens with zero attached hydrogens (tertiary/aromatic N) is 2. The molecule has 0 unspecified atom stereocenters. The van der Waals surface area contributed by atoms with Gasteiger partial charge in [-0.2, -0.15) is 0 Å². The molecule has 0 radical (unpaired) electrons. The monoisotopic (exact) mass is 338 g/mol. The van der Waals surface area contributed by atoms with E-state index in [2.05, 4.69) is 31.3 Å². The third-order valence-corrected chi connectivity index (χ3v) is 3.78. The van der Waals surface area contributed by atoms with E-state index in [-0.39, 0.29) is 5.82 Å². The summed E-state index contributed by atoms with van der Waals surface area (Å²) in [5, 5.41) is 0. The molecule has 0 amide bonds. The number of halogens is 2. The van der Waals surface area contributed by atoms with Gasteiger partial charge in [-0.05, 0) is 34.1 Å². The van der Waals surface area contributed by atoms with Gasteiger partial charge in [-0.15, -0.1) is 0 Å². The topological polar surface area (TPSA) is 73.1 Å². The molecule has 1 aromatic heterocycles. The Bertz CT molecular complexity index is 648. The first kappa shape index (κ1) is 13.4. The summed E-state index contributed by atoms with van der Waals surface area (Å²) >= 11 is 3.13. The first-order valence-corrected chi connectivity index (χ1v) is 6.88. The van der Waals surface area contributed by atoms with Crippen molar-refractivity contribution in [2.24, 2.45) is 5.84 Å². The Balaban J connectivity index is 2.11. The lowest BCUT2D eigenvalue weighted by atomic mass is 10.1. The van der Waals surface area contributed by atoms with E-state index >= 15 is 0 Å². The molecule has 20 heavy (non-hydrogen) atoms. The summed E-state index contributed by atoms with van der Waals surface area (Å²) in [5.41, 5.74) is 4.91. The normalized spacial score (nSPS) is 13.9. The molecule has 0 aliphatic carbocycles. The van der Waals surface area contributed by atoms with Gasteiger partial charge in [0.15, 0.2) is 5.82 Å². The minimum atomic E-state index is -0.352. The van der Waals surface area contributed by atoms with Crippen LogP contribution in [0.5, 0.6) is 0 Å². The van der Waals surface area contributed by atoms with E-state index in [1.165, 1.54) is 6.07 Å². The molecule has 0 saturated carbocycles. The van der Waals surface area contributed by atoms with Crippen LogP contribution < -0.4 is 11.3 Å². The third kappa shape index (κ3) is 2.39. The Morgan fingerprint density at radius 3 is 2.95 bits per heavy atom. The summed E-state index contributed by atoms with van der Waals surface area (Å²) in [6.45, 7) is 1.05. The summed E-state index contributed by atoms with van der Waals surface area (Å²) in [4.78, 5) is 8.83. The molecule has 0 spiro atoms. The maximum absolute atomic E-state index is 13.6. The zero-order valence-electron chi connectivity index (χ0n) is 10.5. The second-order valence-electron chi connectivity index (χ2n) is 4.40. The molecule has 3 N–H and O–H groups in total. The molecule has 0 fully saturated rings. The van der Waals surface area contributed by atoms with Crippen LogP contribution in [0.4, 0.5) is 10.2 Å². The molecule has 3 rings (SSSR count). The van der Waals surface area contributed by atoms with Crippen LogP contribution in [-0.2, 0) is 17.8 Å². The highest BCUT2D eigenvalue weighted by Gasteiger charge is 2.18. The standard InChI is InChI=1S/C13H12BrFN4O/c14-9-2-1-7(5-10(9)15)12-17-11-3-4-20-6-8(11)13(18-12)19-16/h1-2,5H,3-4,6,16H2,(H,17,18,19). The zero-order chi connectivity index (χ0) is 14.1. The van der Waals surface area contributed by atoms with Crippen LogP contribution in [0.2, 0.25) is 0 Å². The second-order valence-corrected chi connectivity index (χ2v) is 5.25. The highest BCUT2D eigenvalue weighted by Crippen LogP contribution is 2.27. The number of aromatic nitrogens is 2. The predicted molar refractivity (Wildman–Crippen MR) is 76.3 cm³/mol. The van der Waals surface area contributed by atoms with Crippen molar-refractivity contribution >= 4 is 21.7 Å². The van der Waals surface area contributed by atoms with E-state index in [0.717, 1.165) is 11.3 Å². The van der Waals surface area contributed by atoms with E-state index in [4.69, 9.17) is 10.6 Å². The molecule has 5 nitrogen and oxygen atoms in total. The van der Waals surface area contributed by atoms with Crippen molar-refractivity contribution in [1.29, 1.82) is 0 Å². The molecule has 0 saturated heterocycles. The Morgan fingerprint density at radius 1 is 1.35 bits per heavy atom. The number of rotatable bonds is 2. The first-order valence-electron chi connectivity index (χ1n) is 6.08. The average Bonchev–Trinajstić information content (AvgIpc) is 2.49. The molecule has 7 heteroatoms.